The number of hydrogen-bond acceptors (Lipinski definition) is 5. The number of methoxy groups -OCH3 is 1. The molecule has 0 fully saturated rings. The van der Waals surface area contributed by atoms with Gasteiger partial charge in [0, 0.05) is 12.1 Å². The molecule has 3 rings (SSSR count). The van der Waals surface area contributed by atoms with E-state index in [4.69, 9.17) is 14.7 Å². The van der Waals surface area contributed by atoms with Gasteiger partial charge in [0.1, 0.15) is 18.1 Å². The van der Waals surface area contributed by atoms with Crippen LogP contribution in [-0.2, 0) is 6.54 Å². The number of hydrogen-bond donors (Lipinski definition) is 2. The Labute approximate surface area is 134 Å². The minimum Gasteiger partial charge on any atom is -0.497 e. The van der Waals surface area contributed by atoms with Gasteiger partial charge in [-0.2, -0.15) is 0 Å². The van der Waals surface area contributed by atoms with Gasteiger partial charge in [-0.1, -0.05) is 12.1 Å². The first-order valence-corrected chi connectivity index (χ1v) is 7.30. The van der Waals surface area contributed by atoms with E-state index in [0.717, 1.165) is 22.7 Å². The minimum absolute atomic E-state index is 0.382. The van der Waals surface area contributed by atoms with Gasteiger partial charge < -0.3 is 14.4 Å². The molecular weight excluding hydrogens is 296 g/mol. The van der Waals surface area contributed by atoms with E-state index in [-0.39, 0.29) is 0 Å². The van der Waals surface area contributed by atoms with Crippen LogP contribution in [0.15, 0.2) is 42.5 Å². The lowest BCUT2D eigenvalue weighted by atomic mass is 10.1. The Balaban J connectivity index is 1.89. The highest BCUT2D eigenvalue weighted by Gasteiger charge is 2.20. The van der Waals surface area contributed by atoms with Crippen molar-refractivity contribution in [1.29, 1.82) is 0 Å². The number of carbonyl (C=O) groups is 1. The quantitative estimate of drug-likeness (QED) is 0.669. The van der Waals surface area contributed by atoms with E-state index in [1.165, 1.54) is 0 Å². The zero-order valence-corrected chi connectivity index (χ0v) is 12.8. The lowest BCUT2D eigenvalue weighted by Gasteiger charge is -2.31. The Kier molecular flexibility index (Phi) is 4.34. The number of ether oxygens (including phenoxy) is 2. The van der Waals surface area contributed by atoms with Gasteiger partial charge in [0.25, 0.3) is 5.91 Å². The van der Waals surface area contributed by atoms with Crippen LogP contribution in [0.1, 0.15) is 15.9 Å². The highest BCUT2D eigenvalue weighted by molar-refractivity contribution is 5.95. The number of benzene rings is 2. The third-order valence-electron chi connectivity index (χ3n) is 3.79. The number of nitrogens with one attached hydrogen (secondary N) is 1. The molecular formula is C17H18N2O4. The first-order valence-electron chi connectivity index (χ1n) is 7.30. The molecule has 6 nitrogen and oxygen atoms in total. The molecule has 0 aromatic heterocycles. The van der Waals surface area contributed by atoms with Crippen LogP contribution in [0, 0.1) is 0 Å². The van der Waals surface area contributed by atoms with Crippen LogP contribution in [0.2, 0.25) is 0 Å². The summed E-state index contributed by atoms with van der Waals surface area (Å²) in [5, 5.41) is 8.79. The molecule has 0 aliphatic carbocycles. The monoisotopic (exact) mass is 314 g/mol. The van der Waals surface area contributed by atoms with Crippen molar-refractivity contribution >= 4 is 11.6 Å². The molecule has 1 amide bonds. The number of fused-ring (bicyclic) bond motifs is 1. The van der Waals surface area contributed by atoms with Crippen LogP contribution in [-0.4, -0.2) is 31.4 Å². The molecule has 1 heterocycles. The third kappa shape index (κ3) is 3.22. The molecule has 23 heavy (non-hydrogen) atoms. The van der Waals surface area contributed by atoms with Crippen molar-refractivity contribution in [2.75, 3.05) is 25.2 Å². The van der Waals surface area contributed by atoms with Gasteiger partial charge in [-0.15, -0.1) is 0 Å². The summed E-state index contributed by atoms with van der Waals surface area (Å²) in [7, 11) is 1.64. The van der Waals surface area contributed by atoms with Gasteiger partial charge in [0.05, 0.1) is 19.3 Å². The van der Waals surface area contributed by atoms with Crippen LogP contribution in [0.25, 0.3) is 0 Å². The molecule has 6 heteroatoms. The number of hydroxylamine groups is 1. The zero-order valence-electron chi connectivity index (χ0n) is 12.8. The smallest absolute Gasteiger partial charge is 0.274 e. The predicted octanol–water partition coefficient (Wildman–Crippen LogP) is 2.21. The molecule has 2 N–H and O–H groups in total. The molecule has 0 atom stereocenters. The summed E-state index contributed by atoms with van der Waals surface area (Å²) in [6, 6.07) is 13.0. The first kappa shape index (κ1) is 15.2. The largest absolute Gasteiger partial charge is 0.497 e. The zero-order chi connectivity index (χ0) is 16.2. The summed E-state index contributed by atoms with van der Waals surface area (Å²) < 4.78 is 10.9. The Bertz CT molecular complexity index is 717. The fourth-order valence-corrected chi connectivity index (χ4v) is 2.63. The first-order chi connectivity index (χ1) is 11.2. The Morgan fingerprint density at radius 3 is 3.00 bits per heavy atom. The maximum absolute atomic E-state index is 11.6. The van der Waals surface area contributed by atoms with Crippen molar-refractivity contribution < 1.29 is 19.5 Å². The number of nitrogens with zero attached hydrogens (tertiary/aromatic N) is 1. The van der Waals surface area contributed by atoms with Crippen LogP contribution in [0.3, 0.4) is 0 Å². The standard InChI is InChI=1S/C17H18N2O4/c1-22-14-4-2-3-12(9-14)11-19-7-8-23-16-6-5-13(10-15(16)19)17(20)18-21/h2-6,9-10,21H,7-8,11H2,1H3,(H,18,20). The Morgan fingerprint density at radius 1 is 1.35 bits per heavy atom. The molecule has 0 spiro atoms. The summed E-state index contributed by atoms with van der Waals surface area (Å²) in [6.07, 6.45) is 0. The maximum atomic E-state index is 11.6. The van der Waals surface area contributed by atoms with Crippen LogP contribution in [0.4, 0.5) is 5.69 Å². The molecule has 0 radical (unpaired) electrons. The summed E-state index contributed by atoms with van der Waals surface area (Å²) in [5.74, 6) is 0.998. The van der Waals surface area contributed by atoms with E-state index in [9.17, 15) is 4.79 Å². The Hall–Kier alpha value is -2.73. The fraction of sp³-hybridized carbons (Fsp3) is 0.235. The average molecular weight is 314 g/mol. The molecule has 0 saturated carbocycles. The van der Waals surface area contributed by atoms with Gasteiger partial charge >= 0.3 is 0 Å². The van der Waals surface area contributed by atoms with E-state index in [1.54, 1.807) is 30.8 Å². The van der Waals surface area contributed by atoms with E-state index in [1.807, 2.05) is 24.3 Å². The number of anilines is 1. The highest BCUT2D eigenvalue weighted by Crippen LogP contribution is 2.33. The van der Waals surface area contributed by atoms with E-state index in [0.29, 0.717) is 25.3 Å². The Morgan fingerprint density at radius 2 is 2.22 bits per heavy atom. The molecule has 2 aromatic carbocycles. The molecule has 1 aliphatic heterocycles. The van der Waals surface area contributed by atoms with Crippen molar-refractivity contribution in [2.45, 2.75) is 6.54 Å². The SMILES string of the molecule is COc1cccc(CN2CCOc3ccc(C(=O)NO)cc32)c1. The highest BCUT2D eigenvalue weighted by atomic mass is 16.5. The second-order valence-corrected chi connectivity index (χ2v) is 5.24. The van der Waals surface area contributed by atoms with E-state index in [2.05, 4.69) is 4.90 Å². The molecule has 0 unspecified atom stereocenters. The summed E-state index contributed by atoms with van der Waals surface area (Å²) in [4.78, 5) is 13.8. The van der Waals surface area contributed by atoms with Gasteiger partial charge in [-0.3, -0.25) is 10.0 Å². The number of rotatable bonds is 4. The van der Waals surface area contributed by atoms with Crippen molar-refractivity contribution in [3.8, 4) is 11.5 Å². The summed E-state index contributed by atoms with van der Waals surface area (Å²) in [5.41, 5.74) is 3.97. The topological polar surface area (TPSA) is 71.0 Å². The second kappa shape index (κ2) is 6.58. The molecule has 0 saturated heterocycles. The van der Waals surface area contributed by atoms with Crippen molar-refractivity contribution in [2.24, 2.45) is 0 Å². The number of carbonyl (C=O) groups excluding carboxylic acids is 1. The van der Waals surface area contributed by atoms with Crippen molar-refractivity contribution in [3.05, 3.63) is 53.6 Å². The van der Waals surface area contributed by atoms with Crippen molar-refractivity contribution in [1.82, 2.24) is 5.48 Å². The van der Waals surface area contributed by atoms with Gasteiger partial charge in [-0.25, -0.2) is 5.48 Å². The average Bonchev–Trinajstić information content (AvgIpc) is 2.61. The summed E-state index contributed by atoms with van der Waals surface area (Å²) >= 11 is 0. The van der Waals surface area contributed by atoms with Crippen LogP contribution >= 0.6 is 0 Å². The molecule has 0 bridgehead atoms. The molecule has 2 aromatic rings. The van der Waals surface area contributed by atoms with Crippen LogP contribution in [0.5, 0.6) is 11.5 Å². The normalized spacial score (nSPS) is 13.0. The van der Waals surface area contributed by atoms with Crippen molar-refractivity contribution in [3.63, 3.8) is 0 Å². The predicted molar refractivity (Wildman–Crippen MR) is 85.2 cm³/mol. The number of amides is 1. The second-order valence-electron chi connectivity index (χ2n) is 5.24. The van der Waals surface area contributed by atoms with Gasteiger partial charge in [-0.05, 0) is 35.9 Å². The molecule has 120 valence electrons. The third-order valence-corrected chi connectivity index (χ3v) is 3.79. The van der Waals surface area contributed by atoms with E-state index < -0.39 is 5.91 Å². The maximum Gasteiger partial charge on any atom is 0.274 e. The van der Waals surface area contributed by atoms with Gasteiger partial charge in [0.2, 0.25) is 0 Å². The minimum atomic E-state index is -0.542. The fourth-order valence-electron chi connectivity index (χ4n) is 2.63. The van der Waals surface area contributed by atoms with E-state index >= 15 is 0 Å². The molecule has 1 aliphatic rings. The van der Waals surface area contributed by atoms with Gasteiger partial charge in [0.15, 0.2) is 0 Å². The lowest BCUT2D eigenvalue weighted by molar-refractivity contribution is 0.0706. The van der Waals surface area contributed by atoms with Crippen LogP contribution < -0.4 is 19.9 Å². The summed E-state index contributed by atoms with van der Waals surface area (Å²) in [6.45, 7) is 1.98. The lowest BCUT2D eigenvalue weighted by Crippen LogP contribution is -2.32.